The van der Waals surface area contributed by atoms with Crippen LogP contribution >= 0.6 is 11.3 Å². The Morgan fingerprint density at radius 3 is 2.63 bits per heavy atom. The maximum absolute atomic E-state index is 4.84. The van der Waals surface area contributed by atoms with Crippen LogP contribution in [0.2, 0.25) is 0 Å². The van der Waals surface area contributed by atoms with Crippen molar-refractivity contribution in [2.75, 3.05) is 32.1 Å². The number of rotatable bonds is 5. The molecule has 1 saturated carbocycles. The van der Waals surface area contributed by atoms with Crippen LogP contribution in [0.15, 0.2) is 17.5 Å². The molecule has 0 atom stereocenters. The van der Waals surface area contributed by atoms with Crippen molar-refractivity contribution < 1.29 is 0 Å². The first-order chi connectivity index (χ1) is 13.2. The van der Waals surface area contributed by atoms with E-state index < -0.39 is 0 Å². The minimum absolute atomic E-state index is 0.415. The molecule has 3 aromatic heterocycles. The Hall–Kier alpha value is -2.06. The summed E-state index contributed by atoms with van der Waals surface area (Å²) < 4.78 is 1.93. The van der Waals surface area contributed by atoms with Crippen LogP contribution < -0.4 is 4.90 Å². The SMILES string of the molecule is CN(C)c1ccc2nnc(C3CCN(Cc4csc(C5CC5)n4)CC3)n2n1. The maximum atomic E-state index is 4.84. The third-order valence-corrected chi connectivity index (χ3v) is 6.62. The molecule has 4 heterocycles. The number of anilines is 1. The Balaban J connectivity index is 1.25. The van der Waals surface area contributed by atoms with Gasteiger partial charge in [0.05, 0.1) is 10.7 Å². The summed E-state index contributed by atoms with van der Waals surface area (Å²) in [6.45, 7) is 3.12. The first kappa shape index (κ1) is 17.1. The van der Waals surface area contributed by atoms with Crippen LogP contribution in [-0.2, 0) is 6.54 Å². The first-order valence-corrected chi connectivity index (χ1v) is 10.6. The summed E-state index contributed by atoms with van der Waals surface area (Å²) in [5.74, 6) is 3.10. The Morgan fingerprint density at radius 2 is 1.89 bits per heavy atom. The number of hydrogen-bond donors (Lipinski definition) is 0. The Kier molecular flexibility index (Phi) is 4.32. The van der Waals surface area contributed by atoms with Crippen molar-refractivity contribution in [3.05, 3.63) is 34.0 Å². The molecule has 0 aromatic carbocycles. The molecule has 142 valence electrons. The molecule has 5 rings (SSSR count). The molecule has 1 aliphatic carbocycles. The molecule has 0 spiro atoms. The van der Waals surface area contributed by atoms with Gasteiger partial charge in [-0.25, -0.2) is 4.98 Å². The van der Waals surface area contributed by atoms with Gasteiger partial charge in [0.15, 0.2) is 11.5 Å². The highest BCUT2D eigenvalue weighted by Crippen LogP contribution is 2.41. The quantitative estimate of drug-likeness (QED) is 0.675. The van der Waals surface area contributed by atoms with Gasteiger partial charge in [-0.05, 0) is 50.9 Å². The molecule has 0 bridgehead atoms. The zero-order valence-electron chi connectivity index (χ0n) is 15.9. The molecule has 8 heteroatoms. The minimum Gasteiger partial charge on any atom is -0.361 e. The average Bonchev–Trinajstić information content (AvgIpc) is 3.28. The molecule has 3 aromatic rings. The van der Waals surface area contributed by atoms with Gasteiger partial charge >= 0.3 is 0 Å². The van der Waals surface area contributed by atoms with Crippen LogP contribution in [0.1, 0.15) is 54.0 Å². The molecule has 0 N–H and O–H groups in total. The minimum atomic E-state index is 0.415. The lowest BCUT2D eigenvalue weighted by Crippen LogP contribution is -2.33. The van der Waals surface area contributed by atoms with Gasteiger partial charge in [0, 0.05) is 37.9 Å². The lowest BCUT2D eigenvalue weighted by molar-refractivity contribution is 0.199. The second-order valence-corrected chi connectivity index (χ2v) is 8.81. The predicted molar refractivity (Wildman–Crippen MR) is 106 cm³/mol. The van der Waals surface area contributed by atoms with Crippen molar-refractivity contribution >= 4 is 22.8 Å². The molecule has 2 fully saturated rings. The summed E-state index contributed by atoms with van der Waals surface area (Å²) in [6.07, 6.45) is 4.84. The molecular weight excluding hydrogens is 358 g/mol. The smallest absolute Gasteiger partial charge is 0.178 e. The number of likely N-dealkylation sites (tertiary alicyclic amines) is 1. The van der Waals surface area contributed by atoms with Gasteiger partial charge in [0.1, 0.15) is 5.82 Å². The fraction of sp³-hybridized carbons (Fsp3) is 0.579. The first-order valence-electron chi connectivity index (χ1n) is 9.74. The lowest BCUT2D eigenvalue weighted by atomic mass is 9.96. The van der Waals surface area contributed by atoms with Gasteiger partial charge in [-0.2, -0.15) is 4.52 Å². The molecule has 27 heavy (non-hydrogen) atoms. The Morgan fingerprint density at radius 1 is 1.07 bits per heavy atom. The van der Waals surface area contributed by atoms with Crippen molar-refractivity contribution in [1.82, 2.24) is 29.7 Å². The van der Waals surface area contributed by atoms with Crippen molar-refractivity contribution in [3.8, 4) is 0 Å². The van der Waals surface area contributed by atoms with Crippen LogP contribution in [0.4, 0.5) is 5.82 Å². The molecule has 0 unspecified atom stereocenters. The number of piperidine rings is 1. The predicted octanol–water partition coefficient (Wildman–Crippen LogP) is 2.90. The highest BCUT2D eigenvalue weighted by atomic mass is 32.1. The summed E-state index contributed by atoms with van der Waals surface area (Å²) in [4.78, 5) is 9.37. The van der Waals surface area contributed by atoms with Gasteiger partial charge in [-0.15, -0.1) is 26.6 Å². The monoisotopic (exact) mass is 383 g/mol. The van der Waals surface area contributed by atoms with E-state index in [0.717, 1.165) is 55.7 Å². The number of fused-ring (bicyclic) bond motifs is 1. The van der Waals surface area contributed by atoms with E-state index >= 15 is 0 Å². The zero-order valence-corrected chi connectivity index (χ0v) is 16.7. The topological polar surface area (TPSA) is 62.5 Å². The Bertz CT molecular complexity index is 935. The highest BCUT2D eigenvalue weighted by molar-refractivity contribution is 7.09. The van der Waals surface area contributed by atoms with E-state index in [2.05, 4.69) is 20.5 Å². The van der Waals surface area contributed by atoms with E-state index in [1.807, 2.05) is 47.0 Å². The van der Waals surface area contributed by atoms with E-state index in [4.69, 9.17) is 10.1 Å². The van der Waals surface area contributed by atoms with E-state index in [1.165, 1.54) is 23.5 Å². The standard InChI is InChI=1S/C19H25N7S/c1-24(2)17-6-5-16-21-22-18(26(16)23-17)13-7-9-25(10-8-13)11-15-12-27-19(20-15)14-3-4-14/h5-6,12-14H,3-4,7-11H2,1-2H3. The van der Waals surface area contributed by atoms with Crippen LogP contribution in [0.3, 0.4) is 0 Å². The van der Waals surface area contributed by atoms with Crippen molar-refractivity contribution in [2.45, 2.75) is 44.1 Å². The van der Waals surface area contributed by atoms with Gasteiger partial charge in [0.2, 0.25) is 0 Å². The second-order valence-electron chi connectivity index (χ2n) is 7.92. The summed E-state index contributed by atoms with van der Waals surface area (Å²) in [7, 11) is 4.01. The van der Waals surface area contributed by atoms with Crippen LogP contribution in [0.5, 0.6) is 0 Å². The van der Waals surface area contributed by atoms with Crippen molar-refractivity contribution in [3.63, 3.8) is 0 Å². The van der Waals surface area contributed by atoms with E-state index in [-0.39, 0.29) is 0 Å². The molecule has 0 amide bonds. The summed E-state index contributed by atoms with van der Waals surface area (Å²) in [6, 6.07) is 3.98. The van der Waals surface area contributed by atoms with Gasteiger partial charge in [0.25, 0.3) is 0 Å². The molecule has 1 aliphatic heterocycles. The summed E-state index contributed by atoms with van der Waals surface area (Å²) >= 11 is 1.84. The normalized spacial score (nSPS) is 19.0. The van der Waals surface area contributed by atoms with Crippen molar-refractivity contribution in [2.24, 2.45) is 0 Å². The number of aromatic nitrogens is 5. The molecule has 7 nitrogen and oxygen atoms in total. The third-order valence-electron chi connectivity index (χ3n) is 5.57. The van der Waals surface area contributed by atoms with Crippen molar-refractivity contribution in [1.29, 1.82) is 0 Å². The average molecular weight is 384 g/mol. The van der Waals surface area contributed by atoms with Crippen LogP contribution in [0, 0.1) is 0 Å². The van der Waals surface area contributed by atoms with Gasteiger partial charge in [-0.1, -0.05) is 0 Å². The largest absolute Gasteiger partial charge is 0.361 e. The molecule has 0 radical (unpaired) electrons. The summed E-state index contributed by atoms with van der Waals surface area (Å²) in [5.41, 5.74) is 2.07. The van der Waals surface area contributed by atoms with Crippen LogP contribution in [0.25, 0.3) is 5.65 Å². The molecule has 1 saturated heterocycles. The summed E-state index contributed by atoms with van der Waals surface area (Å²) in [5, 5.41) is 17.1. The fourth-order valence-corrected chi connectivity index (χ4v) is 4.76. The maximum Gasteiger partial charge on any atom is 0.178 e. The van der Waals surface area contributed by atoms with Gasteiger partial charge in [-0.3, -0.25) is 4.90 Å². The number of nitrogens with zero attached hydrogens (tertiary/aromatic N) is 7. The molecule has 2 aliphatic rings. The molecular formula is C19H25N7S. The number of hydrogen-bond acceptors (Lipinski definition) is 7. The van der Waals surface area contributed by atoms with E-state index in [9.17, 15) is 0 Å². The third kappa shape index (κ3) is 3.43. The van der Waals surface area contributed by atoms with E-state index in [0.29, 0.717) is 5.92 Å². The fourth-order valence-electron chi connectivity index (χ4n) is 3.78. The van der Waals surface area contributed by atoms with E-state index in [1.54, 1.807) is 0 Å². The Labute approximate surface area is 163 Å². The lowest BCUT2D eigenvalue weighted by Gasteiger charge is -2.30. The zero-order chi connectivity index (χ0) is 18.4. The second kappa shape index (κ2) is 6.83. The highest BCUT2D eigenvalue weighted by Gasteiger charge is 2.28. The van der Waals surface area contributed by atoms with Gasteiger partial charge < -0.3 is 4.90 Å². The van der Waals surface area contributed by atoms with Crippen LogP contribution in [-0.4, -0.2) is 56.9 Å². The number of thiazole rings is 1.